The first-order valence-electron chi connectivity index (χ1n) is 26.7. The van der Waals surface area contributed by atoms with Gasteiger partial charge < -0.3 is 5.11 Å². The van der Waals surface area contributed by atoms with Crippen LogP contribution in [-0.2, 0) is 31.9 Å². The average molecular weight is 1080 g/mol. The average Bonchev–Trinajstić information content (AvgIpc) is 3.74. The minimum Gasteiger partial charge on any atom is -0.507 e. The van der Waals surface area contributed by atoms with Gasteiger partial charge >= 0.3 is 0 Å². The van der Waals surface area contributed by atoms with E-state index in [4.69, 9.17) is 19.6 Å². The maximum Gasteiger partial charge on any atom is 0.148 e. The molecule has 68 heavy (non-hydrogen) atoms. The van der Waals surface area contributed by atoms with E-state index in [1.807, 2.05) is 30.3 Å². The third kappa shape index (κ3) is 9.41. The van der Waals surface area contributed by atoms with Gasteiger partial charge in [-0.05, 0) is 104 Å². The SMILES string of the molecule is [2H]c1c([2H])c(C([2H])([2H])[2H])c([2H])c([2H])c1-c1ccnc(-c2[c-]c(-c3cccc4c3nc(-c3cc(C(C)C)cc(C(C)C)c3O)n4-c3cc(-c4ccccc4)c(C(C)(C)C)cc3-c3ccccc3)cc(C(C)(C)C)c2)c1.[Pt]. The molecule has 0 unspecified atom stereocenters. The first-order chi connectivity index (χ1) is 34.8. The molecular weight excluding hydrogens is 1010 g/mol. The quantitative estimate of drug-likeness (QED) is 0.147. The van der Waals surface area contributed by atoms with Crippen LogP contribution in [0.25, 0.3) is 83.9 Å². The van der Waals surface area contributed by atoms with E-state index in [-0.39, 0.29) is 55.0 Å². The van der Waals surface area contributed by atoms with Gasteiger partial charge in [0.25, 0.3) is 0 Å². The molecule has 9 aromatic rings. The molecule has 5 heteroatoms. The van der Waals surface area contributed by atoms with Crippen molar-refractivity contribution in [1.29, 1.82) is 0 Å². The topological polar surface area (TPSA) is 50.9 Å². The van der Waals surface area contributed by atoms with E-state index in [1.165, 1.54) is 5.56 Å². The summed E-state index contributed by atoms with van der Waals surface area (Å²) in [7, 11) is 0. The summed E-state index contributed by atoms with van der Waals surface area (Å²) >= 11 is 0. The van der Waals surface area contributed by atoms with Crippen molar-refractivity contribution in [1.82, 2.24) is 14.5 Å². The van der Waals surface area contributed by atoms with E-state index < -0.39 is 36.6 Å². The standard InChI is InChI=1S/C63H62N3O.Pt/c1-39(2)46-34-51(40(3)4)60(67)54(35-46)61-65-59-50(47-31-48(33-49(32-47)62(6,7)8)56-36-45(29-30-64-56)42-27-25-41(5)26-28-42)23-18-24-57(59)66(61)58-38-52(43-19-14-12-15-20-43)55(63(9,10)11)37-53(58)44-21-16-13-17-22-44;/h12-30,32-40,67H,1-11H3;/q-1;/i5D3,25D,26D,27D,28D;. The summed E-state index contributed by atoms with van der Waals surface area (Å²) in [5.41, 5.74) is 13.1. The predicted octanol–water partition coefficient (Wildman–Crippen LogP) is 17.1. The van der Waals surface area contributed by atoms with Crippen LogP contribution in [0.5, 0.6) is 5.75 Å². The van der Waals surface area contributed by atoms with Crippen LogP contribution in [0.3, 0.4) is 0 Å². The Morgan fingerprint density at radius 3 is 1.90 bits per heavy atom. The number of phenols is 1. The second-order valence-corrected chi connectivity index (χ2v) is 20.3. The van der Waals surface area contributed by atoms with E-state index in [0.29, 0.717) is 33.7 Å². The Morgan fingerprint density at radius 2 is 1.28 bits per heavy atom. The Balaban J connectivity index is 0.00000747. The number of nitrogens with zero attached hydrogens (tertiary/aromatic N) is 3. The fraction of sp³-hybridized carbons (Fsp3) is 0.238. The second kappa shape index (κ2) is 19.0. The molecule has 0 fully saturated rings. The fourth-order valence-electron chi connectivity index (χ4n) is 8.94. The number of rotatable bonds is 9. The normalized spacial score (nSPS) is 13.6. The van der Waals surface area contributed by atoms with Crippen LogP contribution in [0, 0.1) is 12.9 Å². The summed E-state index contributed by atoms with van der Waals surface area (Å²) < 4.78 is 61.1. The molecule has 4 nitrogen and oxygen atoms in total. The minimum atomic E-state index is -2.83. The van der Waals surface area contributed by atoms with Gasteiger partial charge in [0.05, 0.1) is 27.8 Å². The number of pyridine rings is 1. The zero-order valence-corrected chi connectivity index (χ0v) is 42.7. The van der Waals surface area contributed by atoms with Crippen molar-refractivity contribution in [3.63, 3.8) is 0 Å². The number of para-hydroxylation sites is 1. The monoisotopic (exact) mass is 1080 g/mol. The fourth-order valence-corrected chi connectivity index (χ4v) is 8.94. The molecular formula is C63H62N3OPt-. The second-order valence-electron chi connectivity index (χ2n) is 20.3. The van der Waals surface area contributed by atoms with Crippen LogP contribution >= 0.6 is 0 Å². The van der Waals surface area contributed by atoms with Crippen LogP contribution < -0.4 is 0 Å². The number of fused-ring (bicyclic) bond motifs is 1. The van der Waals surface area contributed by atoms with Gasteiger partial charge in [0.15, 0.2) is 0 Å². The molecule has 2 aromatic heterocycles. The van der Waals surface area contributed by atoms with Gasteiger partial charge in [-0.1, -0.05) is 195 Å². The third-order valence-electron chi connectivity index (χ3n) is 12.7. The summed E-state index contributed by atoms with van der Waals surface area (Å²) in [4.78, 5) is 10.4. The Kier molecular flexibility index (Phi) is 11.1. The molecule has 0 saturated carbocycles. The van der Waals surface area contributed by atoms with Crippen LogP contribution in [0.4, 0.5) is 0 Å². The summed E-state index contributed by atoms with van der Waals surface area (Å²) in [6.07, 6.45) is 1.56. The molecule has 1 N–H and O–H groups in total. The summed E-state index contributed by atoms with van der Waals surface area (Å²) in [6.45, 7) is 18.9. The Hall–Kier alpha value is -6.35. The maximum absolute atomic E-state index is 12.5. The Morgan fingerprint density at radius 1 is 0.618 bits per heavy atom. The van der Waals surface area contributed by atoms with E-state index in [0.717, 1.165) is 61.3 Å². The van der Waals surface area contributed by atoms with Crippen molar-refractivity contribution in [3.05, 3.63) is 192 Å². The molecule has 0 atom stereocenters. The molecule has 0 spiro atoms. The third-order valence-corrected chi connectivity index (χ3v) is 12.7. The van der Waals surface area contributed by atoms with Gasteiger partial charge in [-0.2, -0.15) is 0 Å². The Labute approximate surface area is 428 Å². The van der Waals surface area contributed by atoms with E-state index in [2.05, 4.69) is 165 Å². The molecule has 9 rings (SSSR count). The number of imidazole rings is 1. The van der Waals surface area contributed by atoms with Gasteiger partial charge in [-0.15, -0.1) is 29.3 Å². The molecule has 0 bridgehead atoms. The number of benzene rings is 7. The van der Waals surface area contributed by atoms with Crippen LogP contribution in [0.15, 0.2) is 158 Å². The molecule has 0 aliphatic heterocycles. The van der Waals surface area contributed by atoms with Crippen molar-refractivity contribution in [2.24, 2.45) is 0 Å². The van der Waals surface area contributed by atoms with Crippen LogP contribution in [0.1, 0.15) is 118 Å². The zero-order chi connectivity index (χ0) is 53.3. The number of hydrogen-bond donors (Lipinski definition) is 1. The van der Waals surface area contributed by atoms with E-state index in [9.17, 15) is 5.11 Å². The van der Waals surface area contributed by atoms with Crippen LogP contribution in [0.2, 0.25) is 0 Å². The molecule has 0 aliphatic carbocycles. The van der Waals surface area contributed by atoms with Gasteiger partial charge in [-0.25, -0.2) is 4.98 Å². The van der Waals surface area contributed by atoms with Crippen molar-refractivity contribution in [3.8, 4) is 78.6 Å². The van der Waals surface area contributed by atoms with E-state index in [1.54, 1.807) is 18.3 Å². The number of aromatic hydroxyl groups is 1. The smallest absolute Gasteiger partial charge is 0.148 e. The van der Waals surface area contributed by atoms with Gasteiger partial charge in [0.1, 0.15) is 11.6 Å². The van der Waals surface area contributed by atoms with Gasteiger partial charge in [-0.3, -0.25) is 9.55 Å². The molecule has 346 valence electrons. The van der Waals surface area contributed by atoms with Crippen LogP contribution in [-0.4, -0.2) is 19.6 Å². The molecule has 2 heterocycles. The molecule has 0 amide bonds. The number of phenolic OH excluding ortho intramolecular Hbond substituents is 1. The number of hydrogen-bond acceptors (Lipinski definition) is 3. The predicted molar refractivity (Wildman–Crippen MR) is 282 cm³/mol. The number of aromatic nitrogens is 3. The molecule has 0 saturated heterocycles. The van der Waals surface area contributed by atoms with Crippen molar-refractivity contribution in [2.75, 3.05) is 0 Å². The van der Waals surface area contributed by atoms with Gasteiger partial charge in [0.2, 0.25) is 0 Å². The Bertz CT molecular complexity index is 3600. The summed E-state index contributed by atoms with van der Waals surface area (Å²) in [5, 5.41) is 12.5. The first-order valence-corrected chi connectivity index (χ1v) is 23.2. The minimum absolute atomic E-state index is 0. The largest absolute Gasteiger partial charge is 0.507 e. The summed E-state index contributed by atoms with van der Waals surface area (Å²) in [5.74, 6) is 0.949. The molecule has 0 aliphatic rings. The first kappa shape index (κ1) is 39.6. The van der Waals surface area contributed by atoms with Crippen molar-refractivity contribution >= 4 is 11.0 Å². The van der Waals surface area contributed by atoms with Crippen molar-refractivity contribution in [2.45, 2.75) is 98.8 Å². The van der Waals surface area contributed by atoms with Crippen molar-refractivity contribution < 1.29 is 35.8 Å². The van der Waals surface area contributed by atoms with Gasteiger partial charge in [0, 0.05) is 42.6 Å². The zero-order valence-electron chi connectivity index (χ0n) is 47.5. The summed E-state index contributed by atoms with van der Waals surface area (Å²) in [6, 6.07) is 45.0. The molecule has 0 radical (unpaired) electrons. The van der Waals surface area contributed by atoms with E-state index >= 15 is 0 Å². The maximum atomic E-state index is 12.5. The molecule has 7 aromatic carbocycles.